The summed E-state index contributed by atoms with van der Waals surface area (Å²) in [6.45, 7) is 5.53. The average molecular weight is 482 g/mol. The lowest BCUT2D eigenvalue weighted by atomic mass is 9.87. The fraction of sp³-hybridized carbons (Fsp3) is 0.650. The summed E-state index contributed by atoms with van der Waals surface area (Å²) < 4.78 is -0.676. The first kappa shape index (κ1) is 22.8. The molecule has 174 valence electrons. The van der Waals surface area contributed by atoms with Gasteiger partial charge in [0.25, 0.3) is 5.91 Å². The van der Waals surface area contributed by atoms with Crippen molar-refractivity contribution in [2.75, 3.05) is 5.73 Å². The summed E-state index contributed by atoms with van der Waals surface area (Å²) in [5, 5.41) is 17.9. The van der Waals surface area contributed by atoms with Gasteiger partial charge in [-0.3, -0.25) is 9.59 Å². The molecule has 2 saturated heterocycles. The molecule has 2 amide bonds. The maximum Gasteiger partial charge on any atom is 0.327 e. The number of hydrogen-bond acceptors (Lipinski definition) is 9. The number of rotatable bonds is 6. The average Bonchev–Trinajstić information content (AvgIpc) is 3.25. The fourth-order valence-corrected chi connectivity index (χ4v) is 6.68. The van der Waals surface area contributed by atoms with Gasteiger partial charge in [-0.25, -0.2) is 9.78 Å². The molecule has 3 aliphatic rings. The number of carbonyl (C=O) groups excluding carboxylic acids is 2. The number of nitrogen functional groups attached to an aromatic ring is 1. The SMILES string of the molecule is CC1(ON=C(C(=O)N[C@H]2C(=O)N3[C@@H]2SC(C)(C)[C@@H]3C(=O)O)c2csc(N)n2)CCCCC1. The van der Waals surface area contributed by atoms with Gasteiger partial charge >= 0.3 is 5.97 Å². The third kappa shape index (κ3) is 4.05. The number of nitrogens with zero attached hydrogens (tertiary/aromatic N) is 3. The van der Waals surface area contributed by atoms with E-state index in [1.165, 1.54) is 28.0 Å². The van der Waals surface area contributed by atoms with Crippen LogP contribution >= 0.6 is 23.1 Å². The molecule has 0 spiro atoms. The number of fused-ring (bicyclic) bond motifs is 1. The van der Waals surface area contributed by atoms with Gasteiger partial charge in [0.2, 0.25) is 5.91 Å². The van der Waals surface area contributed by atoms with Crippen LogP contribution in [0, 0.1) is 0 Å². The molecule has 3 heterocycles. The Morgan fingerprint density at radius 3 is 2.59 bits per heavy atom. The van der Waals surface area contributed by atoms with Crippen LogP contribution < -0.4 is 11.1 Å². The normalized spacial score (nSPS) is 28.6. The van der Waals surface area contributed by atoms with E-state index in [4.69, 9.17) is 10.6 Å². The summed E-state index contributed by atoms with van der Waals surface area (Å²) in [6, 6.07) is -1.79. The summed E-state index contributed by atoms with van der Waals surface area (Å²) in [4.78, 5) is 48.9. The van der Waals surface area contributed by atoms with Gasteiger partial charge in [0.05, 0.1) is 0 Å². The van der Waals surface area contributed by atoms with E-state index < -0.39 is 45.6 Å². The molecule has 0 unspecified atom stereocenters. The third-order valence-corrected chi connectivity index (χ3v) is 8.46. The van der Waals surface area contributed by atoms with E-state index in [0.717, 1.165) is 32.1 Å². The number of thioether (sulfide) groups is 1. The van der Waals surface area contributed by atoms with Gasteiger partial charge in [-0.05, 0) is 46.5 Å². The van der Waals surface area contributed by atoms with Crippen LogP contribution in [0.1, 0.15) is 58.6 Å². The first-order valence-electron chi connectivity index (χ1n) is 10.5. The fourth-order valence-electron chi connectivity index (χ4n) is 4.50. The minimum atomic E-state index is -1.06. The zero-order chi connectivity index (χ0) is 23.3. The molecule has 12 heteroatoms. The Bertz CT molecular complexity index is 971. The molecule has 1 saturated carbocycles. The molecule has 4 rings (SSSR count). The number of carboxylic acids is 1. The van der Waals surface area contributed by atoms with Gasteiger partial charge in [-0.1, -0.05) is 11.6 Å². The van der Waals surface area contributed by atoms with Crippen molar-refractivity contribution in [3.63, 3.8) is 0 Å². The van der Waals surface area contributed by atoms with E-state index in [1.807, 2.05) is 6.92 Å². The van der Waals surface area contributed by atoms with Crippen molar-refractivity contribution in [3.05, 3.63) is 11.1 Å². The standard InChI is InChI=1S/C20H27N5O5S2/c1-19(2)13(17(28)29)25-15(27)12(16(25)32-19)23-14(26)11(10-9-31-18(21)22-10)24-30-20(3)7-5-4-6-8-20/h9,12-13,16H,4-8H2,1-3H3,(H2,21,22)(H,23,26)(H,28,29)/t12-,13-,16+/m0/s1. The Hall–Kier alpha value is -2.34. The van der Waals surface area contributed by atoms with E-state index in [1.54, 1.807) is 19.2 Å². The van der Waals surface area contributed by atoms with Crippen LogP contribution in [0.3, 0.4) is 0 Å². The highest BCUT2D eigenvalue weighted by atomic mass is 32.2. The summed E-state index contributed by atoms with van der Waals surface area (Å²) in [5.74, 6) is -2.09. The Morgan fingerprint density at radius 1 is 1.31 bits per heavy atom. The van der Waals surface area contributed by atoms with Crippen molar-refractivity contribution >= 4 is 51.7 Å². The molecule has 10 nitrogen and oxygen atoms in total. The van der Waals surface area contributed by atoms with Crippen molar-refractivity contribution in [1.82, 2.24) is 15.2 Å². The topological polar surface area (TPSA) is 147 Å². The molecule has 1 aromatic heterocycles. The molecule has 3 atom stereocenters. The molecule has 2 aliphatic heterocycles. The zero-order valence-electron chi connectivity index (χ0n) is 18.2. The predicted molar refractivity (Wildman–Crippen MR) is 121 cm³/mol. The van der Waals surface area contributed by atoms with Gasteiger partial charge in [0, 0.05) is 10.1 Å². The Morgan fingerprint density at radius 2 is 2.00 bits per heavy atom. The number of aliphatic carboxylic acids is 1. The van der Waals surface area contributed by atoms with Crippen molar-refractivity contribution in [1.29, 1.82) is 0 Å². The lowest BCUT2D eigenvalue weighted by molar-refractivity contribution is -0.160. The number of nitrogens with two attached hydrogens (primary N) is 1. The monoisotopic (exact) mass is 481 g/mol. The Labute approximate surface area is 193 Å². The number of carboxylic acid groups (broad SMARTS) is 1. The number of thiazole rings is 1. The highest BCUT2D eigenvalue weighted by molar-refractivity contribution is 8.01. The second-order valence-corrected chi connectivity index (χ2v) is 11.8. The van der Waals surface area contributed by atoms with Crippen LogP contribution in [0.15, 0.2) is 10.5 Å². The van der Waals surface area contributed by atoms with Gasteiger partial charge < -0.3 is 25.9 Å². The number of anilines is 1. The highest BCUT2D eigenvalue weighted by Gasteiger charge is 2.64. The molecule has 0 aromatic carbocycles. The van der Waals surface area contributed by atoms with Crippen LogP contribution in [-0.4, -0.2) is 66.3 Å². The number of aromatic nitrogens is 1. The highest BCUT2D eigenvalue weighted by Crippen LogP contribution is 2.50. The second-order valence-electron chi connectivity index (χ2n) is 9.16. The smallest absolute Gasteiger partial charge is 0.327 e. The molecule has 3 fully saturated rings. The van der Waals surface area contributed by atoms with Crippen LogP contribution in [0.5, 0.6) is 0 Å². The second kappa shape index (κ2) is 8.22. The summed E-state index contributed by atoms with van der Waals surface area (Å²) in [5.41, 5.74) is 5.51. The third-order valence-electron chi connectivity index (χ3n) is 6.21. The first-order chi connectivity index (χ1) is 15.0. The molecule has 32 heavy (non-hydrogen) atoms. The van der Waals surface area contributed by atoms with Gasteiger partial charge in [0.1, 0.15) is 28.8 Å². The molecule has 4 N–H and O–H groups in total. The maximum absolute atomic E-state index is 13.1. The van der Waals surface area contributed by atoms with Crippen molar-refractivity contribution < 1.29 is 24.3 Å². The quantitative estimate of drug-likeness (QED) is 0.317. The van der Waals surface area contributed by atoms with Crippen molar-refractivity contribution in [3.8, 4) is 0 Å². The first-order valence-corrected chi connectivity index (χ1v) is 12.3. The Kier molecular flexibility index (Phi) is 5.86. The molecular weight excluding hydrogens is 454 g/mol. The largest absolute Gasteiger partial charge is 0.480 e. The number of hydrogen-bond donors (Lipinski definition) is 3. The Balaban J connectivity index is 1.53. The van der Waals surface area contributed by atoms with E-state index in [0.29, 0.717) is 0 Å². The maximum atomic E-state index is 13.1. The van der Waals surface area contributed by atoms with Crippen molar-refractivity contribution in [2.45, 2.75) is 80.7 Å². The molecular formula is C20H27N5O5S2. The number of β-lactam (4-membered cyclic amide) rings is 1. The number of oxime groups is 1. The van der Waals surface area contributed by atoms with E-state index in [2.05, 4.69) is 15.5 Å². The molecule has 0 radical (unpaired) electrons. The zero-order valence-corrected chi connectivity index (χ0v) is 19.8. The minimum Gasteiger partial charge on any atom is -0.480 e. The van der Waals surface area contributed by atoms with E-state index >= 15 is 0 Å². The number of amides is 2. The van der Waals surface area contributed by atoms with Crippen LogP contribution in [0.2, 0.25) is 0 Å². The molecule has 1 aromatic rings. The van der Waals surface area contributed by atoms with Gasteiger partial charge in [0.15, 0.2) is 10.8 Å². The summed E-state index contributed by atoms with van der Waals surface area (Å²) in [7, 11) is 0. The van der Waals surface area contributed by atoms with Gasteiger partial charge in [-0.15, -0.1) is 23.1 Å². The predicted octanol–water partition coefficient (Wildman–Crippen LogP) is 1.80. The van der Waals surface area contributed by atoms with E-state index in [9.17, 15) is 19.5 Å². The van der Waals surface area contributed by atoms with Crippen molar-refractivity contribution in [2.24, 2.45) is 5.16 Å². The molecule has 1 aliphatic carbocycles. The van der Waals surface area contributed by atoms with Crippen LogP contribution in [0.4, 0.5) is 5.13 Å². The lowest BCUT2D eigenvalue weighted by Gasteiger charge is -2.43. The summed E-state index contributed by atoms with van der Waals surface area (Å²) in [6.07, 6.45) is 4.88. The van der Waals surface area contributed by atoms with Crippen LogP contribution in [-0.2, 0) is 19.2 Å². The number of carbonyl (C=O) groups is 3. The summed E-state index contributed by atoms with van der Waals surface area (Å²) >= 11 is 2.53. The van der Waals surface area contributed by atoms with Gasteiger partial charge in [-0.2, -0.15) is 0 Å². The molecule has 0 bridgehead atoms. The van der Waals surface area contributed by atoms with E-state index in [-0.39, 0.29) is 16.5 Å². The van der Waals surface area contributed by atoms with Crippen LogP contribution in [0.25, 0.3) is 0 Å². The minimum absolute atomic E-state index is 0.0481. The number of nitrogens with one attached hydrogen (secondary N) is 1. The lowest BCUT2D eigenvalue weighted by Crippen LogP contribution is -2.71.